The Morgan fingerprint density at radius 3 is 2.65 bits per heavy atom. The molecule has 0 atom stereocenters. The largest absolute Gasteiger partial charge is 0.321 e. The lowest BCUT2D eigenvalue weighted by Gasteiger charge is -2.05. The zero-order valence-corrected chi connectivity index (χ0v) is 9.90. The van der Waals surface area contributed by atoms with Crippen LogP contribution in [0.4, 0.5) is 5.69 Å². The molecule has 2 rings (SSSR count). The Hall–Kier alpha value is -2.16. The molecule has 0 aliphatic carbocycles. The number of aryl methyl sites for hydroxylation is 2. The van der Waals surface area contributed by atoms with E-state index in [2.05, 4.69) is 10.3 Å². The van der Waals surface area contributed by atoms with Gasteiger partial charge in [0, 0.05) is 11.3 Å². The van der Waals surface area contributed by atoms with E-state index in [-0.39, 0.29) is 5.91 Å². The van der Waals surface area contributed by atoms with Gasteiger partial charge < -0.3 is 5.32 Å². The number of hydrogen-bond acceptors (Lipinski definition) is 2. The zero-order chi connectivity index (χ0) is 12.3. The first-order chi connectivity index (χ1) is 8.15. The molecular formula is C14H14N2O. The van der Waals surface area contributed by atoms with Crippen LogP contribution in [0.2, 0.25) is 0 Å². The van der Waals surface area contributed by atoms with Crippen LogP contribution in [-0.2, 0) is 0 Å². The first-order valence-corrected chi connectivity index (χ1v) is 5.46. The molecule has 0 aliphatic rings. The average molecular weight is 226 g/mol. The number of aromatic nitrogens is 1. The predicted molar refractivity (Wildman–Crippen MR) is 68.1 cm³/mol. The van der Waals surface area contributed by atoms with E-state index in [1.165, 1.54) is 0 Å². The first kappa shape index (κ1) is 11.3. The number of rotatable bonds is 2. The van der Waals surface area contributed by atoms with E-state index in [1.54, 1.807) is 12.3 Å². The lowest BCUT2D eigenvalue weighted by molar-refractivity contribution is 0.102. The van der Waals surface area contributed by atoms with Gasteiger partial charge in [0.25, 0.3) is 5.91 Å². The molecule has 17 heavy (non-hydrogen) atoms. The molecule has 2 aromatic rings. The van der Waals surface area contributed by atoms with Crippen molar-refractivity contribution in [1.29, 1.82) is 0 Å². The van der Waals surface area contributed by atoms with Crippen LogP contribution >= 0.6 is 0 Å². The minimum absolute atomic E-state index is 0.112. The maximum Gasteiger partial charge on any atom is 0.255 e. The molecule has 0 fully saturated rings. The highest BCUT2D eigenvalue weighted by Gasteiger charge is 2.05. The second-order valence-corrected chi connectivity index (χ2v) is 4.01. The van der Waals surface area contributed by atoms with Gasteiger partial charge in [0.1, 0.15) is 0 Å². The third-order valence-corrected chi connectivity index (χ3v) is 2.45. The van der Waals surface area contributed by atoms with Crippen molar-refractivity contribution in [1.82, 2.24) is 4.98 Å². The highest BCUT2D eigenvalue weighted by Crippen LogP contribution is 2.09. The molecule has 0 unspecified atom stereocenters. The van der Waals surface area contributed by atoms with E-state index < -0.39 is 0 Å². The third kappa shape index (κ3) is 2.91. The smallest absolute Gasteiger partial charge is 0.255 e. The Bertz CT molecular complexity index is 532. The minimum Gasteiger partial charge on any atom is -0.321 e. The summed E-state index contributed by atoms with van der Waals surface area (Å²) < 4.78 is 0. The molecule has 0 saturated heterocycles. The van der Waals surface area contributed by atoms with Crippen molar-refractivity contribution in [3.05, 3.63) is 59.4 Å². The Balaban J connectivity index is 2.14. The van der Waals surface area contributed by atoms with Gasteiger partial charge in [-0.2, -0.15) is 0 Å². The topological polar surface area (TPSA) is 42.0 Å². The Kier molecular flexibility index (Phi) is 3.19. The number of benzene rings is 1. The molecule has 3 nitrogen and oxygen atoms in total. The average Bonchev–Trinajstić information content (AvgIpc) is 2.32. The molecule has 0 bridgehead atoms. The third-order valence-electron chi connectivity index (χ3n) is 2.45. The van der Waals surface area contributed by atoms with Gasteiger partial charge in [0.05, 0.1) is 11.9 Å². The van der Waals surface area contributed by atoms with Crippen LogP contribution in [0.1, 0.15) is 21.6 Å². The van der Waals surface area contributed by atoms with Crippen LogP contribution in [0.25, 0.3) is 0 Å². The van der Waals surface area contributed by atoms with Crippen molar-refractivity contribution >= 4 is 11.6 Å². The van der Waals surface area contributed by atoms with E-state index in [4.69, 9.17) is 0 Å². The van der Waals surface area contributed by atoms with E-state index >= 15 is 0 Å². The van der Waals surface area contributed by atoms with Crippen molar-refractivity contribution in [3.63, 3.8) is 0 Å². The number of anilines is 1. The molecule has 1 aromatic heterocycles. The standard InChI is InChI=1S/C14H14N2O/c1-10-4-3-5-12(8-10)14(17)16-13-7-6-11(2)15-9-13/h3-9H,1-2H3,(H,16,17). The molecule has 86 valence electrons. The summed E-state index contributed by atoms with van der Waals surface area (Å²) in [6.45, 7) is 3.87. The minimum atomic E-state index is -0.112. The van der Waals surface area contributed by atoms with Crippen molar-refractivity contribution in [2.45, 2.75) is 13.8 Å². The van der Waals surface area contributed by atoms with Crippen molar-refractivity contribution in [3.8, 4) is 0 Å². The Morgan fingerprint density at radius 2 is 2.00 bits per heavy atom. The van der Waals surface area contributed by atoms with E-state index in [1.807, 2.05) is 44.2 Å². The monoisotopic (exact) mass is 226 g/mol. The lowest BCUT2D eigenvalue weighted by Crippen LogP contribution is -2.12. The van der Waals surface area contributed by atoms with Gasteiger partial charge in [-0.3, -0.25) is 9.78 Å². The molecule has 0 radical (unpaired) electrons. The predicted octanol–water partition coefficient (Wildman–Crippen LogP) is 2.95. The second-order valence-electron chi connectivity index (χ2n) is 4.01. The Labute approximate surface area is 101 Å². The fourth-order valence-corrected chi connectivity index (χ4v) is 1.53. The van der Waals surface area contributed by atoms with Crippen LogP contribution in [-0.4, -0.2) is 10.9 Å². The summed E-state index contributed by atoms with van der Waals surface area (Å²) in [6, 6.07) is 11.2. The summed E-state index contributed by atoms with van der Waals surface area (Å²) in [6.07, 6.45) is 1.66. The van der Waals surface area contributed by atoms with Crippen molar-refractivity contribution in [2.75, 3.05) is 5.32 Å². The van der Waals surface area contributed by atoms with Gasteiger partial charge in [0.2, 0.25) is 0 Å². The van der Waals surface area contributed by atoms with Gasteiger partial charge in [-0.1, -0.05) is 17.7 Å². The number of carbonyl (C=O) groups excluding carboxylic acids is 1. The number of nitrogens with one attached hydrogen (secondary N) is 1. The highest BCUT2D eigenvalue weighted by molar-refractivity contribution is 6.04. The fraction of sp³-hybridized carbons (Fsp3) is 0.143. The summed E-state index contributed by atoms with van der Waals surface area (Å²) in [5.41, 5.74) is 3.37. The van der Waals surface area contributed by atoms with Crippen LogP contribution in [0.3, 0.4) is 0 Å². The molecule has 0 spiro atoms. The molecule has 0 aliphatic heterocycles. The van der Waals surface area contributed by atoms with Gasteiger partial charge in [0.15, 0.2) is 0 Å². The Morgan fingerprint density at radius 1 is 1.18 bits per heavy atom. The molecule has 3 heteroatoms. The van der Waals surface area contributed by atoms with E-state index in [0.717, 1.165) is 11.3 Å². The molecule has 0 saturated carbocycles. The number of pyridine rings is 1. The van der Waals surface area contributed by atoms with E-state index in [9.17, 15) is 4.79 Å². The quantitative estimate of drug-likeness (QED) is 0.855. The van der Waals surface area contributed by atoms with E-state index in [0.29, 0.717) is 11.3 Å². The van der Waals surface area contributed by atoms with Gasteiger partial charge in [-0.15, -0.1) is 0 Å². The summed E-state index contributed by atoms with van der Waals surface area (Å²) in [5.74, 6) is -0.112. The summed E-state index contributed by atoms with van der Waals surface area (Å²) >= 11 is 0. The van der Waals surface area contributed by atoms with Crippen molar-refractivity contribution in [2.24, 2.45) is 0 Å². The van der Waals surface area contributed by atoms with Crippen molar-refractivity contribution < 1.29 is 4.79 Å². The molecule has 1 aromatic carbocycles. The number of amides is 1. The maximum atomic E-state index is 11.9. The zero-order valence-electron chi connectivity index (χ0n) is 9.90. The number of hydrogen-bond donors (Lipinski definition) is 1. The van der Waals surface area contributed by atoms with Gasteiger partial charge in [-0.05, 0) is 38.1 Å². The highest BCUT2D eigenvalue weighted by atomic mass is 16.1. The number of carbonyl (C=O) groups is 1. The molecule has 1 heterocycles. The molecular weight excluding hydrogens is 212 g/mol. The molecule has 1 amide bonds. The van der Waals surface area contributed by atoms with Crippen LogP contribution in [0.5, 0.6) is 0 Å². The van der Waals surface area contributed by atoms with Crippen LogP contribution in [0.15, 0.2) is 42.6 Å². The maximum absolute atomic E-state index is 11.9. The normalized spacial score (nSPS) is 10.0. The first-order valence-electron chi connectivity index (χ1n) is 5.46. The van der Waals surface area contributed by atoms with Crippen LogP contribution in [0, 0.1) is 13.8 Å². The summed E-state index contributed by atoms with van der Waals surface area (Å²) in [4.78, 5) is 16.0. The summed E-state index contributed by atoms with van der Waals surface area (Å²) in [5, 5.41) is 2.81. The molecule has 1 N–H and O–H groups in total. The second kappa shape index (κ2) is 4.78. The van der Waals surface area contributed by atoms with Gasteiger partial charge >= 0.3 is 0 Å². The van der Waals surface area contributed by atoms with Gasteiger partial charge in [-0.25, -0.2) is 0 Å². The fourth-order valence-electron chi connectivity index (χ4n) is 1.53. The summed E-state index contributed by atoms with van der Waals surface area (Å²) in [7, 11) is 0. The van der Waals surface area contributed by atoms with Crippen LogP contribution < -0.4 is 5.32 Å². The lowest BCUT2D eigenvalue weighted by atomic mass is 10.1. The number of nitrogens with zero attached hydrogens (tertiary/aromatic N) is 1. The SMILES string of the molecule is Cc1cccc(C(=O)Nc2ccc(C)nc2)c1.